The molecule has 2 heteroatoms. The van der Waals surface area contributed by atoms with Crippen molar-refractivity contribution < 1.29 is 4.39 Å². The first-order chi connectivity index (χ1) is 7.49. The van der Waals surface area contributed by atoms with Crippen LogP contribution in [0, 0.1) is 17.2 Å². The standard InChI is InChI=1S/C14H20FN/c1-10(11-5-4-6-13(15)7-11)16-9-12-8-14(12,2)3/h4-7,10,12,16H,8-9H2,1-3H3. The summed E-state index contributed by atoms with van der Waals surface area (Å²) in [4.78, 5) is 0. The minimum Gasteiger partial charge on any atom is -0.310 e. The summed E-state index contributed by atoms with van der Waals surface area (Å²) in [5, 5.41) is 3.48. The van der Waals surface area contributed by atoms with E-state index in [9.17, 15) is 4.39 Å². The molecule has 16 heavy (non-hydrogen) atoms. The van der Waals surface area contributed by atoms with Crippen LogP contribution in [0.15, 0.2) is 24.3 Å². The van der Waals surface area contributed by atoms with Crippen LogP contribution in [0.3, 0.4) is 0 Å². The van der Waals surface area contributed by atoms with E-state index >= 15 is 0 Å². The largest absolute Gasteiger partial charge is 0.310 e. The van der Waals surface area contributed by atoms with Crippen LogP contribution in [0.25, 0.3) is 0 Å². The maximum Gasteiger partial charge on any atom is 0.123 e. The monoisotopic (exact) mass is 221 g/mol. The highest BCUT2D eigenvalue weighted by atomic mass is 19.1. The fourth-order valence-electron chi connectivity index (χ4n) is 2.14. The van der Waals surface area contributed by atoms with Gasteiger partial charge in [-0.25, -0.2) is 4.39 Å². The van der Waals surface area contributed by atoms with Crippen molar-refractivity contribution in [2.45, 2.75) is 33.2 Å². The first-order valence-electron chi connectivity index (χ1n) is 5.98. The van der Waals surface area contributed by atoms with Crippen molar-refractivity contribution in [3.63, 3.8) is 0 Å². The maximum atomic E-state index is 13.0. The molecule has 2 unspecified atom stereocenters. The number of rotatable bonds is 4. The van der Waals surface area contributed by atoms with Crippen LogP contribution in [0.4, 0.5) is 4.39 Å². The minimum atomic E-state index is -0.155. The van der Waals surface area contributed by atoms with E-state index in [4.69, 9.17) is 0 Å². The van der Waals surface area contributed by atoms with Gasteiger partial charge in [0.15, 0.2) is 0 Å². The van der Waals surface area contributed by atoms with Crippen LogP contribution >= 0.6 is 0 Å². The maximum absolute atomic E-state index is 13.0. The SMILES string of the molecule is CC(NCC1CC1(C)C)c1cccc(F)c1. The van der Waals surface area contributed by atoms with Gasteiger partial charge < -0.3 is 5.32 Å². The van der Waals surface area contributed by atoms with E-state index < -0.39 is 0 Å². The fourth-order valence-corrected chi connectivity index (χ4v) is 2.14. The van der Waals surface area contributed by atoms with E-state index in [0.717, 1.165) is 18.0 Å². The predicted octanol–water partition coefficient (Wildman–Crippen LogP) is 3.52. The van der Waals surface area contributed by atoms with Gasteiger partial charge in [0.05, 0.1) is 0 Å². The number of hydrogen-bond donors (Lipinski definition) is 1. The Labute approximate surface area is 97.1 Å². The molecule has 0 spiro atoms. The van der Waals surface area contributed by atoms with Crippen molar-refractivity contribution >= 4 is 0 Å². The lowest BCUT2D eigenvalue weighted by molar-refractivity contribution is 0.483. The number of nitrogens with one attached hydrogen (secondary N) is 1. The Morgan fingerprint density at radius 3 is 2.75 bits per heavy atom. The van der Waals surface area contributed by atoms with Crippen molar-refractivity contribution in [3.8, 4) is 0 Å². The Kier molecular flexibility index (Phi) is 3.02. The molecule has 0 aliphatic heterocycles. The van der Waals surface area contributed by atoms with Gasteiger partial charge in [-0.3, -0.25) is 0 Å². The molecule has 0 amide bonds. The molecule has 2 atom stereocenters. The van der Waals surface area contributed by atoms with E-state index in [2.05, 4.69) is 26.1 Å². The van der Waals surface area contributed by atoms with E-state index in [-0.39, 0.29) is 11.9 Å². The summed E-state index contributed by atoms with van der Waals surface area (Å²) in [5.41, 5.74) is 1.53. The molecular formula is C14H20FN. The van der Waals surface area contributed by atoms with Gasteiger partial charge in [-0.05, 0) is 48.9 Å². The van der Waals surface area contributed by atoms with E-state index in [1.54, 1.807) is 12.1 Å². The highest BCUT2D eigenvalue weighted by Crippen LogP contribution is 2.51. The molecular weight excluding hydrogens is 201 g/mol. The summed E-state index contributed by atoms with van der Waals surface area (Å²) in [6.45, 7) is 7.72. The third-order valence-electron chi connectivity index (χ3n) is 3.74. The summed E-state index contributed by atoms with van der Waals surface area (Å²) < 4.78 is 13.0. The van der Waals surface area contributed by atoms with Gasteiger partial charge in [0.25, 0.3) is 0 Å². The lowest BCUT2D eigenvalue weighted by atomic mass is 10.1. The van der Waals surface area contributed by atoms with Gasteiger partial charge >= 0.3 is 0 Å². The van der Waals surface area contributed by atoms with Crippen LogP contribution in [0.5, 0.6) is 0 Å². The molecule has 1 aliphatic rings. The lowest BCUT2D eigenvalue weighted by Crippen LogP contribution is -2.22. The van der Waals surface area contributed by atoms with Gasteiger partial charge in [0.2, 0.25) is 0 Å². The third-order valence-corrected chi connectivity index (χ3v) is 3.74. The van der Waals surface area contributed by atoms with E-state index in [1.165, 1.54) is 12.5 Å². The first-order valence-corrected chi connectivity index (χ1v) is 5.98. The van der Waals surface area contributed by atoms with Crippen molar-refractivity contribution in [1.29, 1.82) is 0 Å². The van der Waals surface area contributed by atoms with Gasteiger partial charge in [0.1, 0.15) is 5.82 Å². The minimum absolute atomic E-state index is 0.155. The predicted molar refractivity (Wildman–Crippen MR) is 64.7 cm³/mol. The highest BCUT2D eigenvalue weighted by Gasteiger charge is 2.44. The third kappa shape index (κ3) is 2.62. The molecule has 0 saturated heterocycles. The molecule has 1 N–H and O–H groups in total. The summed E-state index contributed by atoms with van der Waals surface area (Å²) in [7, 11) is 0. The zero-order valence-electron chi connectivity index (χ0n) is 10.3. The van der Waals surface area contributed by atoms with Crippen molar-refractivity contribution in [2.75, 3.05) is 6.54 Å². The second-order valence-corrected chi connectivity index (χ2v) is 5.57. The molecule has 1 saturated carbocycles. The zero-order valence-corrected chi connectivity index (χ0v) is 10.3. The molecule has 0 heterocycles. The van der Waals surface area contributed by atoms with E-state index in [0.29, 0.717) is 5.41 Å². The Bertz CT molecular complexity index is 373. The average Bonchev–Trinajstić information content (AvgIpc) is 2.83. The van der Waals surface area contributed by atoms with Gasteiger partial charge in [-0.1, -0.05) is 26.0 Å². The van der Waals surface area contributed by atoms with Crippen molar-refractivity contribution in [3.05, 3.63) is 35.6 Å². The lowest BCUT2D eigenvalue weighted by Gasteiger charge is -2.15. The van der Waals surface area contributed by atoms with Crippen LogP contribution in [0.2, 0.25) is 0 Å². The molecule has 1 aromatic rings. The second kappa shape index (κ2) is 4.17. The quantitative estimate of drug-likeness (QED) is 0.820. The number of hydrogen-bond acceptors (Lipinski definition) is 1. The molecule has 1 aliphatic carbocycles. The summed E-state index contributed by atoms with van der Waals surface area (Å²) in [6.07, 6.45) is 1.30. The fraction of sp³-hybridized carbons (Fsp3) is 0.571. The number of halogens is 1. The van der Waals surface area contributed by atoms with Gasteiger partial charge in [-0.15, -0.1) is 0 Å². The Balaban J connectivity index is 1.86. The smallest absolute Gasteiger partial charge is 0.123 e. The Hall–Kier alpha value is -0.890. The molecule has 1 aromatic carbocycles. The van der Waals surface area contributed by atoms with Crippen molar-refractivity contribution in [1.82, 2.24) is 5.32 Å². The Morgan fingerprint density at radius 2 is 2.19 bits per heavy atom. The van der Waals surface area contributed by atoms with Crippen LogP contribution in [-0.2, 0) is 0 Å². The van der Waals surface area contributed by atoms with E-state index in [1.807, 2.05) is 6.07 Å². The van der Waals surface area contributed by atoms with Crippen LogP contribution < -0.4 is 5.32 Å². The molecule has 2 rings (SSSR count). The molecule has 88 valence electrons. The Morgan fingerprint density at radius 1 is 1.50 bits per heavy atom. The van der Waals surface area contributed by atoms with Gasteiger partial charge in [-0.2, -0.15) is 0 Å². The zero-order chi connectivity index (χ0) is 11.8. The topological polar surface area (TPSA) is 12.0 Å². The normalized spacial score (nSPS) is 24.1. The first kappa shape index (κ1) is 11.6. The molecule has 0 bridgehead atoms. The summed E-state index contributed by atoms with van der Waals surface area (Å²) in [6, 6.07) is 7.06. The molecule has 0 radical (unpaired) electrons. The highest BCUT2D eigenvalue weighted by molar-refractivity contribution is 5.19. The summed E-state index contributed by atoms with van der Waals surface area (Å²) >= 11 is 0. The summed E-state index contributed by atoms with van der Waals surface area (Å²) in [5.74, 6) is 0.626. The molecule has 1 fully saturated rings. The number of benzene rings is 1. The van der Waals surface area contributed by atoms with Gasteiger partial charge in [0, 0.05) is 6.04 Å². The average molecular weight is 221 g/mol. The molecule has 1 nitrogen and oxygen atoms in total. The van der Waals surface area contributed by atoms with Crippen LogP contribution in [0.1, 0.15) is 38.8 Å². The van der Waals surface area contributed by atoms with Crippen molar-refractivity contribution in [2.24, 2.45) is 11.3 Å². The van der Waals surface area contributed by atoms with Crippen LogP contribution in [-0.4, -0.2) is 6.54 Å². The molecule has 0 aromatic heterocycles. The second-order valence-electron chi connectivity index (χ2n) is 5.57.